The van der Waals surface area contributed by atoms with Gasteiger partial charge in [0.25, 0.3) is 5.69 Å². The molecule has 1 unspecified atom stereocenters. The second kappa shape index (κ2) is 5.90. The van der Waals surface area contributed by atoms with Crippen LogP contribution in [0.15, 0.2) is 24.3 Å². The molecule has 0 heterocycles. The van der Waals surface area contributed by atoms with Gasteiger partial charge in [0.1, 0.15) is 18.3 Å². The van der Waals surface area contributed by atoms with Gasteiger partial charge in [-0.25, -0.2) is 0 Å². The Morgan fingerprint density at radius 1 is 1.44 bits per heavy atom. The van der Waals surface area contributed by atoms with Crippen LogP contribution in [0.1, 0.15) is 31.9 Å². The molecular weight excluding hydrogens is 238 g/mol. The summed E-state index contributed by atoms with van der Waals surface area (Å²) in [6.07, 6.45) is -0.920. The van der Waals surface area contributed by atoms with Gasteiger partial charge in [-0.2, -0.15) is 0 Å². The summed E-state index contributed by atoms with van der Waals surface area (Å²) in [5, 5.41) is 10.6. The molecule has 0 fully saturated rings. The fourth-order valence-electron chi connectivity index (χ4n) is 1.40. The smallest absolute Gasteiger partial charge is 0.313 e. The average Bonchev–Trinajstić information content (AvgIpc) is 2.27. The number of carbonyl (C=O) groups excluding carboxylic acids is 2. The molecule has 0 radical (unpaired) electrons. The predicted octanol–water partition coefficient (Wildman–Crippen LogP) is 2.18. The van der Waals surface area contributed by atoms with Crippen LogP contribution in [0, 0.1) is 10.1 Å². The van der Waals surface area contributed by atoms with E-state index >= 15 is 0 Å². The molecule has 1 aromatic rings. The van der Waals surface area contributed by atoms with Gasteiger partial charge >= 0.3 is 5.97 Å². The zero-order chi connectivity index (χ0) is 13.7. The van der Waals surface area contributed by atoms with E-state index in [1.54, 1.807) is 13.0 Å². The molecule has 0 saturated carbocycles. The standard InChI is InChI=1S/C12H13NO5/c1-8(14)6-12(15)18-9(2)10-4-3-5-11(7-10)13(16)17/h3-5,7,9H,6H2,1-2H3. The molecule has 0 aliphatic carbocycles. The van der Waals surface area contributed by atoms with Gasteiger partial charge < -0.3 is 4.74 Å². The monoisotopic (exact) mass is 251 g/mol. The quantitative estimate of drug-likeness (QED) is 0.346. The Kier molecular flexibility index (Phi) is 4.53. The van der Waals surface area contributed by atoms with Crippen LogP contribution in [0.2, 0.25) is 0 Å². The molecule has 1 rings (SSSR count). The maximum atomic E-state index is 11.3. The molecule has 0 aliphatic heterocycles. The van der Waals surface area contributed by atoms with E-state index in [2.05, 4.69) is 0 Å². The average molecular weight is 251 g/mol. The van der Waals surface area contributed by atoms with Crippen LogP contribution in [-0.2, 0) is 14.3 Å². The van der Waals surface area contributed by atoms with Gasteiger partial charge in [-0.3, -0.25) is 19.7 Å². The molecule has 0 amide bonds. The summed E-state index contributed by atoms with van der Waals surface area (Å²) in [7, 11) is 0. The van der Waals surface area contributed by atoms with Gasteiger partial charge in [0.15, 0.2) is 0 Å². The van der Waals surface area contributed by atoms with Crippen LogP contribution in [-0.4, -0.2) is 16.7 Å². The number of nitrogens with zero attached hydrogens (tertiary/aromatic N) is 1. The normalized spacial score (nSPS) is 11.7. The molecular formula is C12H13NO5. The van der Waals surface area contributed by atoms with E-state index in [1.165, 1.54) is 25.1 Å². The van der Waals surface area contributed by atoms with Crippen LogP contribution < -0.4 is 0 Å². The number of rotatable bonds is 5. The summed E-state index contributed by atoms with van der Waals surface area (Å²) in [5.74, 6) is -0.923. The van der Waals surface area contributed by atoms with E-state index in [9.17, 15) is 19.7 Å². The highest BCUT2D eigenvalue weighted by Gasteiger charge is 2.15. The van der Waals surface area contributed by atoms with E-state index in [1.807, 2.05) is 0 Å². The first kappa shape index (κ1) is 13.8. The van der Waals surface area contributed by atoms with Crippen molar-refractivity contribution in [3.05, 3.63) is 39.9 Å². The van der Waals surface area contributed by atoms with Crippen molar-refractivity contribution in [2.24, 2.45) is 0 Å². The third-order valence-corrected chi connectivity index (χ3v) is 2.25. The lowest BCUT2D eigenvalue weighted by molar-refractivity contribution is -0.385. The number of non-ortho nitro benzene ring substituents is 1. The van der Waals surface area contributed by atoms with Crippen LogP contribution in [0.25, 0.3) is 0 Å². The molecule has 0 aromatic heterocycles. The van der Waals surface area contributed by atoms with E-state index in [0.717, 1.165) is 0 Å². The summed E-state index contributed by atoms with van der Waals surface area (Å²) < 4.78 is 5.00. The Morgan fingerprint density at radius 3 is 2.67 bits per heavy atom. The minimum atomic E-state index is -0.637. The van der Waals surface area contributed by atoms with Crippen molar-refractivity contribution < 1.29 is 19.2 Å². The Labute approximate surface area is 104 Å². The first-order valence-electron chi connectivity index (χ1n) is 5.33. The summed E-state index contributed by atoms with van der Waals surface area (Å²) >= 11 is 0. The van der Waals surface area contributed by atoms with Crippen molar-refractivity contribution in [1.29, 1.82) is 0 Å². The van der Waals surface area contributed by atoms with Crippen molar-refractivity contribution in [2.75, 3.05) is 0 Å². The number of hydrogen-bond acceptors (Lipinski definition) is 5. The fraction of sp³-hybridized carbons (Fsp3) is 0.333. The first-order chi connectivity index (χ1) is 8.40. The highest BCUT2D eigenvalue weighted by molar-refractivity contribution is 5.94. The fourth-order valence-corrected chi connectivity index (χ4v) is 1.40. The maximum absolute atomic E-state index is 11.3. The molecule has 0 bridgehead atoms. The lowest BCUT2D eigenvalue weighted by Gasteiger charge is -2.12. The van der Waals surface area contributed by atoms with Gasteiger partial charge in [-0.15, -0.1) is 0 Å². The van der Waals surface area contributed by atoms with Crippen molar-refractivity contribution in [3.63, 3.8) is 0 Å². The lowest BCUT2D eigenvalue weighted by Crippen LogP contribution is -2.12. The van der Waals surface area contributed by atoms with Crippen LogP contribution in [0.4, 0.5) is 5.69 Å². The second-order valence-corrected chi connectivity index (χ2v) is 3.86. The molecule has 6 nitrogen and oxygen atoms in total. The zero-order valence-corrected chi connectivity index (χ0v) is 10.1. The number of carbonyl (C=O) groups is 2. The number of nitro benzene ring substituents is 1. The van der Waals surface area contributed by atoms with E-state index in [4.69, 9.17) is 4.74 Å². The zero-order valence-electron chi connectivity index (χ0n) is 10.1. The third kappa shape index (κ3) is 3.97. The van der Waals surface area contributed by atoms with Crippen LogP contribution in [0.5, 0.6) is 0 Å². The summed E-state index contributed by atoms with van der Waals surface area (Å²) in [6, 6.07) is 5.83. The van der Waals surface area contributed by atoms with E-state index < -0.39 is 17.0 Å². The highest BCUT2D eigenvalue weighted by Crippen LogP contribution is 2.21. The Balaban J connectivity index is 2.75. The van der Waals surface area contributed by atoms with Gasteiger partial charge in [0.05, 0.1) is 4.92 Å². The predicted molar refractivity (Wildman–Crippen MR) is 62.9 cm³/mol. The molecule has 0 aliphatic rings. The van der Waals surface area contributed by atoms with Crippen LogP contribution in [0.3, 0.4) is 0 Å². The third-order valence-electron chi connectivity index (χ3n) is 2.25. The van der Waals surface area contributed by atoms with Gasteiger partial charge in [-0.05, 0) is 19.4 Å². The van der Waals surface area contributed by atoms with Gasteiger partial charge in [0, 0.05) is 12.1 Å². The van der Waals surface area contributed by atoms with Crippen LogP contribution >= 0.6 is 0 Å². The first-order valence-corrected chi connectivity index (χ1v) is 5.33. The van der Waals surface area contributed by atoms with Crippen molar-refractivity contribution in [3.8, 4) is 0 Å². The summed E-state index contributed by atoms with van der Waals surface area (Å²) in [6.45, 7) is 2.89. The van der Waals surface area contributed by atoms with Crippen molar-refractivity contribution in [2.45, 2.75) is 26.4 Å². The van der Waals surface area contributed by atoms with Crippen molar-refractivity contribution in [1.82, 2.24) is 0 Å². The lowest BCUT2D eigenvalue weighted by atomic mass is 10.1. The molecule has 96 valence electrons. The minimum Gasteiger partial charge on any atom is -0.457 e. The number of esters is 1. The SMILES string of the molecule is CC(=O)CC(=O)OC(C)c1cccc([N+](=O)[O-])c1. The molecule has 0 saturated heterocycles. The minimum absolute atomic E-state index is 0.0676. The molecule has 1 aromatic carbocycles. The summed E-state index contributed by atoms with van der Waals surface area (Å²) in [5.41, 5.74) is 0.447. The highest BCUT2D eigenvalue weighted by atomic mass is 16.6. The van der Waals surface area contributed by atoms with Gasteiger partial charge in [0.2, 0.25) is 0 Å². The molecule has 18 heavy (non-hydrogen) atoms. The number of ketones is 1. The topological polar surface area (TPSA) is 86.5 Å². The Hall–Kier alpha value is -2.24. The van der Waals surface area contributed by atoms with Gasteiger partial charge in [-0.1, -0.05) is 12.1 Å². The number of hydrogen-bond donors (Lipinski definition) is 0. The number of nitro groups is 1. The maximum Gasteiger partial charge on any atom is 0.313 e. The number of benzene rings is 1. The Morgan fingerprint density at radius 2 is 2.11 bits per heavy atom. The molecule has 0 spiro atoms. The second-order valence-electron chi connectivity index (χ2n) is 3.86. The van der Waals surface area contributed by atoms with E-state index in [-0.39, 0.29) is 17.9 Å². The number of ether oxygens (including phenoxy) is 1. The molecule has 1 atom stereocenters. The summed E-state index contributed by atoms with van der Waals surface area (Å²) in [4.78, 5) is 32.1. The van der Waals surface area contributed by atoms with E-state index in [0.29, 0.717) is 5.56 Å². The largest absolute Gasteiger partial charge is 0.457 e. The van der Waals surface area contributed by atoms with Crippen molar-refractivity contribution >= 4 is 17.4 Å². The molecule has 6 heteroatoms. The Bertz CT molecular complexity index is 483. The number of Topliss-reactive ketones (excluding diaryl/α,β-unsaturated/α-hetero) is 1. The molecule has 0 N–H and O–H groups in total.